The third-order valence-electron chi connectivity index (χ3n) is 3.47. The van der Waals surface area contributed by atoms with E-state index in [0.29, 0.717) is 23.4 Å². The summed E-state index contributed by atoms with van der Waals surface area (Å²) < 4.78 is 19.4. The first kappa shape index (κ1) is 13.5. The third kappa shape index (κ3) is 2.56. The second-order valence-electron chi connectivity index (χ2n) is 4.82. The Morgan fingerprint density at radius 3 is 2.76 bits per heavy atom. The van der Waals surface area contributed by atoms with Crippen molar-refractivity contribution >= 4 is 11.8 Å². The average Bonchev–Trinajstić information content (AvgIpc) is 2.89. The minimum atomic E-state index is -0.433. The number of hydrogen-bond donors (Lipinski definition) is 0. The highest BCUT2D eigenvalue weighted by Gasteiger charge is 2.31. The first-order valence-corrected chi connectivity index (χ1v) is 6.72. The molecular formula is C15H14FN3O2. The van der Waals surface area contributed by atoms with Crippen molar-refractivity contribution in [2.75, 3.05) is 11.4 Å². The summed E-state index contributed by atoms with van der Waals surface area (Å²) in [5.41, 5.74) is 1.49. The van der Waals surface area contributed by atoms with E-state index in [1.807, 2.05) is 6.92 Å². The second-order valence-corrected chi connectivity index (χ2v) is 4.82. The Morgan fingerprint density at radius 2 is 2.14 bits per heavy atom. The lowest BCUT2D eigenvalue weighted by Gasteiger charge is -2.14. The van der Waals surface area contributed by atoms with Crippen LogP contribution < -0.4 is 4.90 Å². The normalized spacial score (nSPS) is 17.9. The minimum Gasteiger partial charge on any atom is -0.444 e. The zero-order chi connectivity index (χ0) is 14.8. The smallest absolute Gasteiger partial charge is 0.414 e. The van der Waals surface area contributed by atoms with Crippen LogP contribution in [0.15, 0.2) is 36.9 Å². The number of carbonyl (C=O) groups excluding carboxylic acids is 1. The van der Waals surface area contributed by atoms with Crippen molar-refractivity contribution < 1.29 is 13.9 Å². The number of halogens is 1. The van der Waals surface area contributed by atoms with Gasteiger partial charge in [-0.15, -0.1) is 0 Å². The van der Waals surface area contributed by atoms with E-state index in [-0.39, 0.29) is 6.10 Å². The van der Waals surface area contributed by atoms with Gasteiger partial charge in [0.2, 0.25) is 0 Å². The molecule has 1 aliphatic rings. The van der Waals surface area contributed by atoms with E-state index in [0.717, 1.165) is 6.42 Å². The molecule has 6 heteroatoms. The summed E-state index contributed by atoms with van der Waals surface area (Å²) in [5.74, 6) is -0.421. The van der Waals surface area contributed by atoms with E-state index in [9.17, 15) is 9.18 Å². The molecule has 1 amide bonds. The van der Waals surface area contributed by atoms with Crippen LogP contribution >= 0.6 is 0 Å². The van der Waals surface area contributed by atoms with Crippen molar-refractivity contribution in [3.63, 3.8) is 0 Å². The topological polar surface area (TPSA) is 55.3 Å². The SMILES string of the molecule is CCC1CN(c2ccc(-c3cncnc3)c(F)c2)C(=O)O1. The van der Waals surface area contributed by atoms with E-state index in [4.69, 9.17) is 4.74 Å². The predicted molar refractivity (Wildman–Crippen MR) is 75.3 cm³/mol. The standard InChI is InChI=1S/C15H14FN3O2/c1-2-12-8-19(15(20)21-12)11-3-4-13(14(16)5-11)10-6-17-9-18-7-10/h3-7,9,12H,2,8H2,1H3. The molecule has 1 aromatic carbocycles. The van der Waals surface area contributed by atoms with Crippen LogP contribution in [0.1, 0.15) is 13.3 Å². The molecule has 1 unspecified atom stereocenters. The maximum absolute atomic E-state index is 14.3. The number of benzene rings is 1. The molecule has 0 spiro atoms. The molecule has 1 aromatic heterocycles. The first-order valence-electron chi connectivity index (χ1n) is 6.72. The molecule has 108 valence electrons. The van der Waals surface area contributed by atoms with Crippen molar-refractivity contribution in [3.05, 3.63) is 42.7 Å². The summed E-state index contributed by atoms with van der Waals surface area (Å²) in [7, 11) is 0. The highest BCUT2D eigenvalue weighted by molar-refractivity contribution is 5.90. The molecule has 1 atom stereocenters. The average molecular weight is 287 g/mol. The largest absolute Gasteiger partial charge is 0.444 e. The molecule has 21 heavy (non-hydrogen) atoms. The maximum Gasteiger partial charge on any atom is 0.414 e. The lowest BCUT2D eigenvalue weighted by atomic mass is 10.1. The molecule has 0 saturated carbocycles. The van der Waals surface area contributed by atoms with Gasteiger partial charge in [0.25, 0.3) is 0 Å². The molecule has 0 bridgehead atoms. The molecule has 3 rings (SSSR count). The summed E-state index contributed by atoms with van der Waals surface area (Å²) >= 11 is 0. The Morgan fingerprint density at radius 1 is 1.38 bits per heavy atom. The number of amides is 1. The molecule has 1 fully saturated rings. The summed E-state index contributed by atoms with van der Waals surface area (Å²) in [4.78, 5) is 21.0. The summed E-state index contributed by atoms with van der Waals surface area (Å²) in [6.07, 6.45) is 4.65. The number of carbonyl (C=O) groups is 1. The Hall–Kier alpha value is -2.50. The third-order valence-corrected chi connectivity index (χ3v) is 3.47. The molecule has 0 N–H and O–H groups in total. The Labute approximate surface area is 121 Å². The Bertz CT molecular complexity index is 663. The molecular weight excluding hydrogens is 273 g/mol. The van der Waals surface area contributed by atoms with Gasteiger partial charge >= 0.3 is 6.09 Å². The van der Waals surface area contributed by atoms with E-state index in [1.54, 1.807) is 24.5 Å². The van der Waals surface area contributed by atoms with Crippen molar-refractivity contribution in [3.8, 4) is 11.1 Å². The van der Waals surface area contributed by atoms with Gasteiger partial charge in [-0.1, -0.05) is 6.92 Å². The van der Waals surface area contributed by atoms with Gasteiger partial charge in [0.1, 0.15) is 18.2 Å². The molecule has 2 heterocycles. The fourth-order valence-electron chi connectivity index (χ4n) is 2.29. The molecule has 5 nitrogen and oxygen atoms in total. The zero-order valence-corrected chi connectivity index (χ0v) is 11.5. The molecule has 0 radical (unpaired) electrons. The van der Waals surface area contributed by atoms with Crippen LogP contribution in [-0.2, 0) is 4.74 Å². The van der Waals surface area contributed by atoms with Crippen molar-refractivity contribution in [1.29, 1.82) is 0 Å². The number of nitrogens with zero attached hydrogens (tertiary/aromatic N) is 3. The van der Waals surface area contributed by atoms with Crippen LogP contribution in [0.3, 0.4) is 0 Å². The van der Waals surface area contributed by atoms with Crippen molar-refractivity contribution in [2.45, 2.75) is 19.4 Å². The number of ether oxygens (including phenoxy) is 1. The van der Waals surface area contributed by atoms with E-state index in [1.165, 1.54) is 17.3 Å². The van der Waals surface area contributed by atoms with E-state index >= 15 is 0 Å². The summed E-state index contributed by atoms with van der Waals surface area (Å²) in [6, 6.07) is 4.66. The van der Waals surface area contributed by atoms with Crippen molar-refractivity contribution in [2.24, 2.45) is 0 Å². The Balaban J connectivity index is 1.90. The number of hydrogen-bond acceptors (Lipinski definition) is 4. The van der Waals surface area contributed by atoms with Crippen LogP contribution in [0.4, 0.5) is 14.9 Å². The number of rotatable bonds is 3. The predicted octanol–water partition coefficient (Wildman–Crippen LogP) is 3.02. The van der Waals surface area contributed by atoms with Crippen molar-refractivity contribution in [1.82, 2.24) is 9.97 Å². The van der Waals surface area contributed by atoms with Crippen LogP contribution in [0, 0.1) is 5.82 Å². The number of aromatic nitrogens is 2. The zero-order valence-electron chi connectivity index (χ0n) is 11.5. The van der Waals surface area contributed by atoms with Crippen LogP contribution in [0.25, 0.3) is 11.1 Å². The molecule has 2 aromatic rings. The lowest BCUT2D eigenvalue weighted by molar-refractivity contribution is 0.139. The fraction of sp³-hybridized carbons (Fsp3) is 0.267. The van der Waals surface area contributed by atoms with Gasteiger partial charge in [-0.3, -0.25) is 4.90 Å². The Kier molecular flexibility index (Phi) is 3.51. The highest BCUT2D eigenvalue weighted by Crippen LogP contribution is 2.28. The minimum absolute atomic E-state index is 0.136. The van der Waals surface area contributed by atoms with Gasteiger partial charge in [-0.05, 0) is 24.6 Å². The summed E-state index contributed by atoms with van der Waals surface area (Å²) in [5, 5.41) is 0. The number of anilines is 1. The molecule has 1 aliphatic heterocycles. The monoisotopic (exact) mass is 287 g/mol. The van der Waals surface area contributed by atoms with Gasteiger partial charge in [-0.25, -0.2) is 19.2 Å². The van der Waals surface area contributed by atoms with Gasteiger partial charge in [-0.2, -0.15) is 0 Å². The second kappa shape index (κ2) is 5.47. The van der Waals surface area contributed by atoms with Crippen LogP contribution in [-0.4, -0.2) is 28.7 Å². The van der Waals surface area contributed by atoms with Gasteiger partial charge in [0.15, 0.2) is 0 Å². The maximum atomic E-state index is 14.3. The van der Waals surface area contributed by atoms with Gasteiger partial charge in [0.05, 0.1) is 12.2 Å². The quantitative estimate of drug-likeness (QED) is 0.870. The first-order chi connectivity index (χ1) is 10.2. The van der Waals surface area contributed by atoms with E-state index < -0.39 is 11.9 Å². The fourth-order valence-corrected chi connectivity index (χ4v) is 2.29. The summed E-state index contributed by atoms with van der Waals surface area (Å²) in [6.45, 7) is 2.39. The van der Waals surface area contributed by atoms with Gasteiger partial charge in [0, 0.05) is 23.5 Å². The van der Waals surface area contributed by atoms with Crippen LogP contribution in [0.2, 0.25) is 0 Å². The van der Waals surface area contributed by atoms with Gasteiger partial charge < -0.3 is 4.74 Å². The lowest BCUT2D eigenvalue weighted by Crippen LogP contribution is -2.24. The number of cyclic esters (lactones) is 1. The highest BCUT2D eigenvalue weighted by atomic mass is 19.1. The molecule has 1 saturated heterocycles. The van der Waals surface area contributed by atoms with Crippen LogP contribution in [0.5, 0.6) is 0 Å². The molecule has 0 aliphatic carbocycles. The van der Waals surface area contributed by atoms with E-state index in [2.05, 4.69) is 9.97 Å².